The summed E-state index contributed by atoms with van der Waals surface area (Å²) < 4.78 is 40.9. The van der Waals surface area contributed by atoms with Gasteiger partial charge in [-0.15, -0.1) is 0 Å². The van der Waals surface area contributed by atoms with Gasteiger partial charge in [0.2, 0.25) is 0 Å². The van der Waals surface area contributed by atoms with Crippen molar-refractivity contribution in [1.82, 2.24) is 9.80 Å². The van der Waals surface area contributed by atoms with Gasteiger partial charge in [-0.05, 0) is 43.2 Å². The van der Waals surface area contributed by atoms with Gasteiger partial charge < -0.3 is 25.6 Å². The molecule has 0 aliphatic carbocycles. The molecule has 0 saturated carbocycles. The number of anilines is 3. The predicted octanol–water partition coefficient (Wildman–Crippen LogP) is 4.76. The molecule has 1 heterocycles. The molecule has 1 fully saturated rings. The van der Waals surface area contributed by atoms with Crippen molar-refractivity contribution in [2.45, 2.75) is 19.5 Å². The van der Waals surface area contributed by atoms with Gasteiger partial charge in [-0.3, -0.25) is 4.90 Å². The van der Waals surface area contributed by atoms with Crippen molar-refractivity contribution < 1.29 is 27.5 Å². The Morgan fingerprint density at radius 1 is 0.943 bits per heavy atom. The molecular formula is C24H30F3N5O3. The van der Waals surface area contributed by atoms with Crippen molar-refractivity contribution >= 4 is 29.1 Å². The molecule has 4 amide bonds. The molecule has 1 saturated heterocycles. The van der Waals surface area contributed by atoms with Gasteiger partial charge in [0.1, 0.15) is 6.61 Å². The number of para-hydroxylation sites is 1. The summed E-state index contributed by atoms with van der Waals surface area (Å²) in [5.74, 6) is 0. The maximum Gasteiger partial charge on any atom is 0.411 e. The lowest BCUT2D eigenvalue weighted by molar-refractivity contribution is -0.174. The van der Waals surface area contributed by atoms with Gasteiger partial charge in [-0.2, -0.15) is 13.2 Å². The molecule has 3 N–H and O–H groups in total. The number of halogens is 3. The minimum absolute atomic E-state index is 0.0488. The summed E-state index contributed by atoms with van der Waals surface area (Å²) in [5.41, 5.74) is 2.65. The summed E-state index contributed by atoms with van der Waals surface area (Å²) in [5, 5.41) is 8.40. The normalized spacial score (nSPS) is 14.5. The molecule has 8 nitrogen and oxygen atoms in total. The second-order valence-corrected chi connectivity index (χ2v) is 8.26. The Morgan fingerprint density at radius 2 is 1.63 bits per heavy atom. The number of hydrogen-bond acceptors (Lipinski definition) is 4. The van der Waals surface area contributed by atoms with Gasteiger partial charge in [-0.25, -0.2) is 9.59 Å². The molecule has 0 bridgehead atoms. The molecule has 0 radical (unpaired) electrons. The summed E-state index contributed by atoms with van der Waals surface area (Å²) in [4.78, 5) is 28.8. The Kier molecular flexibility index (Phi) is 9.32. The highest BCUT2D eigenvalue weighted by Crippen LogP contribution is 2.21. The Morgan fingerprint density at radius 3 is 2.31 bits per heavy atom. The first kappa shape index (κ1) is 26.3. The quantitative estimate of drug-likeness (QED) is 0.463. The zero-order valence-electron chi connectivity index (χ0n) is 19.5. The van der Waals surface area contributed by atoms with Crippen molar-refractivity contribution in [2.75, 3.05) is 61.9 Å². The maximum absolute atomic E-state index is 12.8. The molecule has 0 aromatic heterocycles. The van der Waals surface area contributed by atoms with Gasteiger partial charge in [-0.1, -0.05) is 24.3 Å². The van der Waals surface area contributed by atoms with Crippen molar-refractivity contribution in [2.24, 2.45) is 0 Å². The number of amides is 4. The lowest BCUT2D eigenvalue weighted by Crippen LogP contribution is -2.50. The highest BCUT2D eigenvalue weighted by molar-refractivity contribution is 6.00. The Balaban J connectivity index is 1.43. The van der Waals surface area contributed by atoms with E-state index < -0.39 is 18.8 Å². The van der Waals surface area contributed by atoms with Crippen LogP contribution in [0.1, 0.15) is 12.0 Å². The van der Waals surface area contributed by atoms with E-state index in [-0.39, 0.29) is 12.6 Å². The van der Waals surface area contributed by atoms with Crippen LogP contribution in [0.3, 0.4) is 0 Å². The molecule has 2 aromatic carbocycles. The van der Waals surface area contributed by atoms with E-state index >= 15 is 0 Å². The van der Waals surface area contributed by atoms with Crippen LogP contribution < -0.4 is 16.0 Å². The lowest BCUT2D eigenvalue weighted by atomic mass is 10.2. The number of aryl methyl sites for hydroxylation is 1. The smallest absolute Gasteiger partial charge is 0.372 e. The summed E-state index contributed by atoms with van der Waals surface area (Å²) >= 11 is 0. The van der Waals surface area contributed by atoms with Gasteiger partial charge in [0.15, 0.2) is 0 Å². The first-order valence-electron chi connectivity index (χ1n) is 11.4. The maximum atomic E-state index is 12.8. The fourth-order valence-corrected chi connectivity index (χ4v) is 3.60. The van der Waals surface area contributed by atoms with Crippen LogP contribution in [0.25, 0.3) is 0 Å². The molecule has 3 rings (SSSR count). The number of urea groups is 2. The van der Waals surface area contributed by atoms with Crippen molar-refractivity contribution in [3.05, 3.63) is 54.1 Å². The molecule has 190 valence electrons. The number of carbonyl (C=O) groups is 2. The molecule has 0 atom stereocenters. The second kappa shape index (κ2) is 12.4. The molecule has 1 aliphatic rings. The van der Waals surface area contributed by atoms with Crippen molar-refractivity contribution in [1.29, 1.82) is 0 Å². The zero-order valence-corrected chi connectivity index (χ0v) is 19.5. The number of alkyl halides is 3. The highest BCUT2D eigenvalue weighted by Gasteiger charge is 2.27. The molecular weight excluding hydrogens is 463 g/mol. The summed E-state index contributed by atoms with van der Waals surface area (Å²) in [7, 11) is 0. The number of carbonyl (C=O) groups excluding carboxylic acids is 2. The predicted molar refractivity (Wildman–Crippen MR) is 129 cm³/mol. The average molecular weight is 494 g/mol. The fourth-order valence-electron chi connectivity index (χ4n) is 3.60. The largest absolute Gasteiger partial charge is 0.411 e. The molecule has 11 heteroatoms. The summed E-state index contributed by atoms with van der Waals surface area (Å²) in [6.45, 7) is 3.58. The van der Waals surface area contributed by atoms with E-state index in [0.29, 0.717) is 56.2 Å². The minimum Gasteiger partial charge on any atom is -0.372 e. The Bertz CT molecular complexity index is 980. The number of hydrogen-bond donors (Lipinski definition) is 3. The SMILES string of the molecule is Cc1ccc(NC(=O)Nc2ccccc2)cc1NC(=O)N1CCN(CCCOCC(F)(F)F)CC1. The average Bonchev–Trinajstić information content (AvgIpc) is 2.81. The Labute approximate surface area is 202 Å². The van der Waals surface area contributed by atoms with Gasteiger partial charge in [0, 0.05) is 56.4 Å². The third-order valence-corrected chi connectivity index (χ3v) is 5.46. The molecule has 35 heavy (non-hydrogen) atoms. The molecule has 0 unspecified atom stereocenters. The van der Waals surface area contributed by atoms with E-state index in [9.17, 15) is 22.8 Å². The third-order valence-electron chi connectivity index (χ3n) is 5.46. The second-order valence-electron chi connectivity index (χ2n) is 8.26. The van der Waals surface area contributed by atoms with Gasteiger partial charge in [0.25, 0.3) is 0 Å². The van der Waals surface area contributed by atoms with Crippen molar-refractivity contribution in [3.8, 4) is 0 Å². The summed E-state index contributed by atoms with van der Waals surface area (Å²) in [6, 6.07) is 13.7. The van der Waals surface area contributed by atoms with Crippen LogP contribution in [0, 0.1) is 6.92 Å². The number of ether oxygens (including phenoxy) is 1. The van der Waals surface area contributed by atoms with E-state index in [4.69, 9.17) is 0 Å². The number of benzene rings is 2. The van der Waals surface area contributed by atoms with E-state index in [0.717, 1.165) is 5.56 Å². The molecule has 0 spiro atoms. The van der Waals surface area contributed by atoms with Crippen LogP contribution in [0.2, 0.25) is 0 Å². The van der Waals surface area contributed by atoms with Crippen LogP contribution in [0.4, 0.5) is 39.8 Å². The van der Waals surface area contributed by atoms with Crippen molar-refractivity contribution in [3.63, 3.8) is 0 Å². The molecule has 2 aromatic rings. The zero-order chi connectivity index (χ0) is 25.3. The van der Waals surface area contributed by atoms with Gasteiger partial charge in [0.05, 0.1) is 0 Å². The van der Waals surface area contributed by atoms with Crippen LogP contribution in [-0.2, 0) is 4.74 Å². The lowest BCUT2D eigenvalue weighted by Gasteiger charge is -2.34. The van der Waals surface area contributed by atoms with E-state index in [1.165, 1.54) is 0 Å². The minimum atomic E-state index is -4.30. The van der Waals surface area contributed by atoms with E-state index in [1.54, 1.807) is 29.2 Å². The van der Waals surface area contributed by atoms with E-state index in [1.807, 2.05) is 31.2 Å². The monoisotopic (exact) mass is 493 g/mol. The first-order chi connectivity index (χ1) is 16.7. The van der Waals surface area contributed by atoms with E-state index in [2.05, 4.69) is 25.6 Å². The number of piperazine rings is 1. The summed E-state index contributed by atoms with van der Waals surface area (Å²) in [6.07, 6.45) is -3.80. The van der Waals surface area contributed by atoms with Crippen LogP contribution in [0.5, 0.6) is 0 Å². The molecule has 1 aliphatic heterocycles. The Hall–Kier alpha value is -3.31. The van der Waals surface area contributed by atoms with Crippen LogP contribution in [-0.4, -0.2) is 74.0 Å². The number of nitrogens with one attached hydrogen (secondary N) is 3. The number of nitrogens with zero attached hydrogens (tertiary/aromatic N) is 2. The standard InChI is InChI=1S/C24H30F3N5O3/c1-18-8-9-20(29-22(33)28-19-6-3-2-4-7-19)16-21(18)30-23(34)32-13-11-31(12-14-32)10-5-15-35-17-24(25,26)27/h2-4,6-9,16H,5,10-15,17H2,1H3,(H,30,34)(H2,28,29,33). The van der Waals surface area contributed by atoms with Crippen LogP contribution >= 0.6 is 0 Å². The fraction of sp³-hybridized carbons (Fsp3) is 0.417. The van der Waals surface area contributed by atoms with Crippen LogP contribution in [0.15, 0.2) is 48.5 Å². The number of rotatable bonds is 8. The first-order valence-corrected chi connectivity index (χ1v) is 11.4. The third kappa shape index (κ3) is 9.10. The highest BCUT2D eigenvalue weighted by atomic mass is 19.4. The topological polar surface area (TPSA) is 85.9 Å². The van der Waals surface area contributed by atoms with Gasteiger partial charge >= 0.3 is 18.2 Å².